The van der Waals surface area contributed by atoms with Crippen LogP contribution in [0.2, 0.25) is 0 Å². The summed E-state index contributed by atoms with van der Waals surface area (Å²) in [4.78, 5) is 4.19. The second kappa shape index (κ2) is 3.01. The highest BCUT2D eigenvalue weighted by Crippen LogP contribution is 2.15. The number of fused-ring (bicyclic) bond motifs is 1. The van der Waals surface area contributed by atoms with Crippen LogP contribution in [0.3, 0.4) is 0 Å². The van der Waals surface area contributed by atoms with E-state index in [1.807, 2.05) is 28.9 Å². The van der Waals surface area contributed by atoms with E-state index >= 15 is 0 Å². The van der Waals surface area contributed by atoms with Crippen molar-refractivity contribution in [3.63, 3.8) is 0 Å². The quantitative estimate of drug-likeness (QED) is 0.747. The number of nitrogens with one attached hydrogen (secondary N) is 1. The van der Waals surface area contributed by atoms with Gasteiger partial charge in [0.05, 0.1) is 5.69 Å². The highest BCUT2D eigenvalue weighted by atomic mass is 15.0. The van der Waals surface area contributed by atoms with E-state index in [4.69, 9.17) is 0 Å². The Morgan fingerprint density at radius 2 is 2.07 bits per heavy atom. The minimum atomic E-state index is 0.0915. The first kappa shape index (κ1) is 9.06. The molecule has 0 unspecified atom stereocenters. The topological polar surface area (TPSA) is 29.3 Å². The lowest BCUT2D eigenvalue weighted by Crippen LogP contribution is -2.26. The molecule has 2 aromatic heterocycles. The Hall–Kier alpha value is -1.51. The van der Waals surface area contributed by atoms with Crippen molar-refractivity contribution in [3.8, 4) is 0 Å². The molecule has 2 heterocycles. The Balaban J connectivity index is 2.35. The zero-order valence-electron chi connectivity index (χ0n) is 8.78. The molecule has 0 aliphatic carbocycles. The number of aromatic nitrogens is 2. The SMILES string of the molecule is CC(C)(C)Nc1ccc2nccn2c1. The van der Waals surface area contributed by atoms with Crippen molar-refractivity contribution in [3.05, 3.63) is 30.7 Å². The molecular weight excluding hydrogens is 174 g/mol. The van der Waals surface area contributed by atoms with Crippen molar-refractivity contribution in [1.29, 1.82) is 0 Å². The molecular formula is C11H15N3. The van der Waals surface area contributed by atoms with E-state index in [2.05, 4.69) is 31.1 Å². The summed E-state index contributed by atoms with van der Waals surface area (Å²) in [6.45, 7) is 6.43. The smallest absolute Gasteiger partial charge is 0.136 e. The molecule has 2 rings (SSSR count). The van der Waals surface area contributed by atoms with Gasteiger partial charge in [0.25, 0.3) is 0 Å². The maximum atomic E-state index is 4.19. The zero-order valence-corrected chi connectivity index (χ0v) is 8.78. The molecule has 0 amide bonds. The molecule has 0 atom stereocenters. The number of imidazole rings is 1. The van der Waals surface area contributed by atoms with Crippen LogP contribution >= 0.6 is 0 Å². The molecule has 0 fully saturated rings. The number of anilines is 1. The van der Waals surface area contributed by atoms with E-state index in [1.54, 1.807) is 6.20 Å². The van der Waals surface area contributed by atoms with E-state index in [-0.39, 0.29) is 5.54 Å². The van der Waals surface area contributed by atoms with Crippen molar-refractivity contribution in [2.45, 2.75) is 26.3 Å². The van der Waals surface area contributed by atoms with Gasteiger partial charge in [-0.15, -0.1) is 0 Å². The summed E-state index contributed by atoms with van der Waals surface area (Å²) < 4.78 is 2.01. The van der Waals surface area contributed by atoms with Crippen LogP contribution in [0.5, 0.6) is 0 Å². The maximum Gasteiger partial charge on any atom is 0.136 e. The van der Waals surface area contributed by atoms with Gasteiger partial charge in [-0.05, 0) is 32.9 Å². The second-order valence-electron chi connectivity index (χ2n) is 4.49. The van der Waals surface area contributed by atoms with Gasteiger partial charge in [0.1, 0.15) is 5.65 Å². The zero-order chi connectivity index (χ0) is 10.2. The molecule has 0 saturated carbocycles. The molecule has 0 saturated heterocycles. The van der Waals surface area contributed by atoms with Gasteiger partial charge in [-0.2, -0.15) is 0 Å². The molecule has 0 aromatic carbocycles. The van der Waals surface area contributed by atoms with Crippen LogP contribution in [0.15, 0.2) is 30.7 Å². The fourth-order valence-electron chi connectivity index (χ4n) is 1.43. The number of rotatable bonds is 1. The summed E-state index contributed by atoms with van der Waals surface area (Å²) in [5, 5.41) is 3.41. The van der Waals surface area contributed by atoms with Gasteiger partial charge in [-0.1, -0.05) is 0 Å². The first-order valence-electron chi connectivity index (χ1n) is 4.75. The van der Waals surface area contributed by atoms with E-state index in [1.165, 1.54) is 0 Å². The Morgan fingerprint density at radius 1 is 1.29 bits per heavy atom. The largest absolute Gasteiger partial charge is 0.379 e. The Labute approximate surface area is 83.8 Å². The van der Waals surface area contributed by atoms with Gasteiger partial charge in [0, 0.05) is 24.1 Å². The molecule has 2 aromatic rings. The molecule has 0 bridgehead atoms. The van der Waals surface area contributed by atoms with E-state index < -0.39 is 0 Å². The number of pyridine rings is 1. The Morgan fingerprint density at radius 3 is 2.79 bits per heavy atom. The third-order valence-corrected chi connectivity index (χ3v) is 1.91. The Bertz CT molecular complexity index is 437. The predicted octanol–water partition coefficient (Wildman–Crippen LogP) is 2.54. The number of hydrogen-bond donors (Lipinski definition) is 1. The summed E-state index contributed by atoms with van der Waals surface area (Å²) in [6.07, 6.45) is 5.80. The lowest BCUT2D eigenvalue weighted by atomic mass is 10.1. The van der Waals surface area contributed by atoms with Crippen molar-refractivity contribution in [2.24, 2.45) is 0 Å². The highest BCUT2D eigenvalue weighted by molar-refractivity contribution is 5.50. The average molecular weight is 189 g/mol. The van der Waals surface area contributed by atoms with Gasteiger partial charge in [0.15, 0.2) is 0 Å². The molecule has 0 aliphatic heterocycles. The second-order valence-corrected chi connectivity index (χ2v) is 4.49. The first-order valence-corrected chi connectivity index (χ1v) is 4.75. The molecule has 0 spiro atoms. The van der Waals surface area contributed by atoms with Gasteiger partial charge in [-0.25, -0.2) is 4.98 Å². The lowest BCUT2D eigenvalue weighted by Gasteiger charge is -2.22. The van der Waals surface area contributed by atoms with Crippen molar-refractivity contribution >= 4 is 11.3 Å². The lowest BCUT2D eigenvalue weighted by molar-refractivity contribution is 0.633. The summed E-state index contributed by atoms with van der Waals surface area (Å²) in [5.74, 6) is 0. The van der Waals surface area contributed by atoms with Gasteiger partial charge < -0.3 is 9.72 Å². The van der Waals surface area contributed by atoms with Crippen LogP contribution in [0.25, 0.3) is 5.65 Å². The predicted molar refractivity (Wildman–Crippen MR) is 58.6 cm³/mol. The van der Waals surface area contributed by atoms with Gasteiger partial charge >= 0.3 is 0 Å². The van der Waals surface area contributed by atoms with E-state index in [0.29, 0.717) is 0 Å². The monoisotopic (exact) mass is 189 g/mol. The van der Waals surface area contributed by atoms with E-state index in [9.17, 15) is 0 Å². The van der Waals surface area contributed by atoms with Crippen molar-refractivity contribution in [2.75, 3.05) is 5.32 Å². The molecule has 0 aliphatic rings. The van der Waals surface area contributed by atoms with Gasteiger partial charge in [-0.3, -0.25) is 0 Å². The molecule has 0 radical (unpaired) electrons. The van der Waals surface area contributed by atoms with Crippen molar-refractivity contribution < 1.29 is 0 Å². The fourth-order valence-corrected chi connectivity index (χ4v) is 1.43. The fraction of sp³-hybridized carbons (Fsp3) is 0.364. The molecule has 3 nitrogen and oxygen atoms in total. The molecule has 3 heteroatoms. The van der Waals surface area contributed by atoms with Crippen LogP contribution in [0.4, 0.5) is 5.69 Å². The molecule has 14 heavy (non-hydrogen) atoms. The molecule has 74 valence electrons. The third-order valence-electron chi connectivity index (χ3n) is 1.91. The van der Waals surface area contributed by atoms with Crippen LogP contribution in [-0.4, -0.2) is 14.9 Å². The first-order chi connectivity index (χ1) is 6.54. The summed E-state index contributed by atoms with van der Waals surface area (Å²) in [5.41, 5.74) is 2.18. The molecule has 1 N–H and O–H groups in total. The minimum Gasteiger partial charge on any atom is -0.379 e. The number of nitrogens with zero attached hydrogens (tertiary/aromatic N) is 2. The van der Waals surface area contributed by atoms with Crippen LogP contribution in [0.1, 0.15) is 20.8 Å². The third kappa shape index (κ3) is 1.87. The van der Waals surface area contributed by atoms with Crippen LogP contribution < -0.4 is 5.32 Å². The average Bonchev–Trinajstić information content (AvgIpc) is 2.47. The normalized spacial score (nSPS) is 11.9. The maximum absolute atomic E-state index is 4.19. The minimum absolute atomic E-state index is 0.0915. The van der Waals surface area contributed by atoms with E-state index in [0.717, 1.165) is 11.3 Å². The van der Waals surface area contributed by atoms with Crippen LogP contribution in [-0.2, 0) is 0 Å². The summed E-state index contributed by atoms with van der Waals surface area (Å²) in [7, 11) is 0. The summed E-state index contributed by atoms with van der Waals surface area (Å²) >= 11 is 0. The highest BCUT2D eigenvalue weighted by Gasteiger charge is 2.09. The van der Waals surface area contributed by atoms with Crippen LogP contribution in [0, 0.1) is 0 Å². The Kier molecular flexibility index (Phi) is 1.95. The summed E-state index contributed by atoms with van der Waals surface area (Å²) in [6, 6.07) is 4.06. The van der Waals surface area contributed by atoms with Crippen molar-refractivity contribution in [1.82, 2.24) is 9.38 Å². The standard InChI is InChI=1S/C11H15N3/c1-11(2,3)13-9-4-5-10-12-6-7-14(10)8-9/h4-8,13H,1-3H3. The van der Waals surface area contributed by atoms with Gasteiger partial charge in [0.2, 0.25) is 0 Å². The number of hydrogen-bond acceptors (Lipinski definition) is 2.